The summed E-state index contributed by atoms with van der Waals surface area (Å²) in [5, 5.41) is 0. The highest BCUT2D eigenvalue weighted by molar-refractivity contribution is 5.97. The Morgan fingerprint density at radius 1 is 0.971 bits per heavy atom. The van der Waals surface area contributed by atoms with Crippen LogP contribution in [-0.4, -0.2) is 23.2 Å². The molecule has 1 heterocycles. The minimum absolute atomic E-state index is 0.0285. The lowest BCUT2D eigenvalue weighted by atomic mass is 9.99. The van der Waals surface area contributed by atoms with E-state index in [4.69, 9.17) is 0 Å². The maximum atomic E-state index is 15.0. The van der Waals surface area contributed by atoms with Gasteiger partial charge in [0, 0.05) is 30.6 Å². The lowest BCUT2D eigenvalue weighted by molar-refractivity contribution is -0.118. The van der Waals surface area contributed by atoms with Crippen molar-refractivity contribution in [1.82, 2.24) is 4.98 Å². The van der Waals surface area contributed by atoms with Gasteiger partial charge in [0.1, 0.15) is 5.82 Å². The van der Waals surface area contributed by atoms with Gasteiger partial charge < -0.3 is 4.90 Å². The highest BCUT2D eigenvalue weighted by Gasteiger charge is 2.19. The van der Waals surface area contributed by atoms with Crippen LogP contribution in [-0.2, 0) is 11.2 Å². The van der Waals surface area contributed by atoms with Crippen LogP contribution < -0.4 is 4.90 Å². The smallest absolute Gasteiger partial charge is 0.226 e. The van der Waals surface area contributed by atoms with Crippen LogP contribution in [0.4, 0.5) is 14.5 Å². The van der Waals surface area contributed by atoms with E-state index in [-0.39, 0.29) is 29.7 Å². The predicted molar refractivity (Wildman–Crippen MR) is 131 cm³/mol. The molecule has 0 fully saturated rings. The van der Waals surface area contributed by atoms with Crippen LogP contribution in [0.3, 0.4) is 0 Å². The Morgan fingerprint density at radius 3 is 2.24 bits per heavy atom. The number of anilines is 1. The standard InChI is InChI=1S/C28H30F2N2O2/c1-5-28(34)32(17-18(2)3)25-13-10-23(16-24(25)29)21-6-8-22(9-7-21)26(33)14-11-20-12-15-27(30)31-19(20)4/h6-10,12-13,15-16,18H,5,11,14,17H2,1-4H3. The quantitative estimate of drug-likeness (QED) is 0.267. The zero-order valence-corrected chi connectivity index (χ0v) is 20.1. The number of amides is 1. The van der Waals surface area contributed by atoms with Gasteiger partial charge in [0.25, 0.3) is 0 Å². The first kappa shape index (κ1) is 25.2. The largest absolute Gasteiger partial charge is 0.309 e. The van der Waals surface area contributed by atoms with Crippen molar-refractivity contribution in [2.24, 2.45) is 5.92 Å². The number of aryl methyl sites for hydroxylation is 2. The summed E-state index contributed by atoms with van der Waals surface area (Å²) in [6, 6.07) is 14.8. The number of halogens is 2. The number of benzene rings is 2. The first-order chi connectivity index (χ1) is 16.2. The first-order valence-corrected chi connectivity index (χ1v) is 11.5. The Labute approximate surface area is 199 Å². The molecule has 0 aliphatic heterocycles. The topological polar surface area (TPSA) is 50.3 Å². The molecule has 0 aliphatic rings. The normalized spacial score (nSPS) is 11.0. The molecule has 34 heavy (non-hydrogen) atoms. The Bertz CT molecular complexity index is 1170. The van der Waals surface area contributed by atoms with Crippen molar-refractivity contribution < 1.29 is 18.4 Å². The second-order valence-corrected chi connectivity index (χ2v) is 8.80. The molecule has 4 nitrogen and oxygen atoms in total. The molecule has 0 N–H and O–H groups in total. The fourth-order valence-corrected chi connectivity index (χ4v) is 3.86. The summed E-state index contributed by atoms with van der Waals surface area (Å²) >= 11 is 0. The maximum Gasteiger partial charge on any atom is 0.226 e. The average molecular weight is 465 g/mol. The fourth-order valence-electron chi connectivity index (χ4n) is 3.86. The van der Waals surface area contributed by atoms with Crippen molar-refractivity contribution in [1.29, 1.82) is 0 Å². The third-order valence-electron chi connectivity index (χ3n) is 5.71. The Balaban J connectivity index is 1.73. The number of hydrogen-bond donors (Lipinski definition) is 0. The molecule has 0 saturated heterocycles. The molecule has 178 valence electrons. The second-order valence-electron chi connectivity index (χ2n) is 8.80. The number of hydrogen-bond acceptors (Lipinski definition) is 3. The van der Waals surface area contributed by atoms with Crippen LogP contribution >= 0.6 is 0 Å². The molecule has 0 saturated carbocycles. The van der Waals surface area contributed by atoms with Crippen LogP contribution in [0.25, 0.3) is 11.1 Å². The van der Waals surface area contributed by atoms with Crippen LogP contribution in [0.1, 0.15) is 55.2 Å². The van der Waals surface area contributed by atoms with E-state index in [1.807, 2.05) is 13.8 Å². The van der Waals surface area contributed by atoms with Crippen LogP contribution in [0.5, 0.6) is 0 Å². The van der Waals surface area contributed by atoms with E-state index in [1.54, 1.807) is 56.3 Å². The Kier molecular flexibility index (Phi) is 8.26. The van der Waals surface area contributed by atoms with Crippen molar-refractivity contribution in [2.75, 3.05) is 11.4 Å². The lowest BCUT2D eigenvalue weighted by Crippen LogP contribution is -2.34. The molecule has 0 radical (unpaired) electrons. The summed E-state index contributed by atoms with van der Waals surface area (Å²) in [5.41, 5.74) is 3.71. The second kappa shape index (κ2) is 11.1. The maximum absolute atomic E-state index is 15.0. The minimum atomic E-state index is -0.530. The number of carbonyl (C=O) groups is 2. The number of aromatic nitrogens is 1. The van der Waals surface area contributed by atoms with Crippen molar-refractivity contribution in [3.05, 3.63) is 83.2 Å². The van der Waals surface area contributed by atoms with Gasteiger partial charge in [-0.05, 0) is 54.2 Å². The van der Waals surface area contributed by atoms with Crippen molar-refractivity contribution in [3.8, 4) is 11.1 Å². The van der Waals surface area contributed by atoms with E-state index >= 15 is 0 Å². The lowest BCUT2D eigenvalue weighted by Gasteiger charge is -2.25. The van der Waals surface area contributed by atoms with Crippen LogP contribution in [0, 0.1) is 24.6 Å². The van der Waals surface area contributed by atoms with Gasteiger partial charge in [-0.15, -0.1) is 0 Å². The summed E-state index contributed by atoms with van der Waals surface area (Å²) in [6.45, 7) is 7.92. The molecule has 0 aliphatic carbocycles. The predicted octanol–water partition coefficient (Wildman–Crippen LogP) is 6.55. The first-order valence-electron chi connectivity index (χ1n) is 11.5. The Hall–Kier alpha value is -3.41. The molecule has 0 atom stereocenters. The average Bonchev–Trinajstić information content (AvgIpc) is 2.81. The number of Topliss-reactive ketones (excluding diaryl/α,β-unsaturated/α-hetero) is 1. The molecule has 0 unspecified atom stereocenters. The third-order valence-corrected chi connectivity index (χ3v) is 5.71. The van der Waals surface area contributed by atoms with Gasteiger partial charge in [-0.25, -0.2) is 9.37 Å². The van der Waals surface area contributed by atoms with E-state index in [0.29, 0.717) is 36.2 Å². The minimum Gasteiger partial charge on any atom is -0.309 e. The third kappa shape index (κ3) is 6.13. The molecule has 6 heteroatoms. The molecule has 0 bridgehead atoms. The van der Waals surface area contributed by atoms with Gasteiger partial charge in [0.15, 0.2) is 5.78 Å². The van der Waals surface area contributed by atoms with E-state index in [2.05, 4.69) is 4.98 Å². The molecule has 0 spiro atoms. The van der Waals surface area contributed by atoms with Gasteiger partial charge in [-0.3, -0.25) is 9.59 Å². The van der Waals surface area contributed by atoms with E-state index in [0.717, 1.165) is 11.1 Å². The Morgan fingerprint density at radius 2 is 1.65 bits per heavy atom. The molecule has 1 amide bonds. The van der Waals surface area contributed by atoms with Crippen LogP contribution in [0.2, 0.25) is 0 Å². The number of rotatable bonds is 9. The highest BCUT2D eigenvalue weighted by atomic mass is 19.1. The molecular weight excluding hydrogens is 434 g/mol. The summed E-state index contributed by atoms with van der Waals surface area (Å²) in [6.07, 6.45) is 1.07. The summed E-state index contributed by atoms with van der Waals surface area (Å²) in [5.74, 6) is -0.919. The van der Waals surface area contributed by atoms with Crippen LogP contribution in [0.15, 0.2) is 54.6 Å². The zero-order chi connectivity index (χ0) is 24.8. The van der Waals surface area contributed by atoms with Gasteiger partial charge in [-0.2, -0.15) is 4.39 Å². The molecule has 3 rings (SSSR count). The molecule has 2 aromatic carbocycles. The molecule has 1 aromatic heterocycles. The van der Waals surface area contributed by atoms with E-state index in [9.17, 15) is 18.4 Å². The van der Waals surface area contributed by atoms with Crippen molar-refractivity contribution in [3.63, 3.8) is 0 Å². The van der Waals surface area contributed by atoms with Crippen molar-refractivity contribution in [2.45, 2.75) is 47.0 Å². The summed E-state index contributed by atoms with van der Waals surface area (Å²) < 4.78 is 28.1. The zero-order valence-electron chi connectivity index (χ0n) is 20.1. The monoisotopic (exact) mass is 464 g/mol. The van der Waals surface area contributed by atoms with Gasteiger partial charge in [-0.1, -0.05) is 57.2 Å². The summed E-state index contributed by atoms with van der Waals surface area (Å²) in [4.78, 5) is 30.2. The van der Waals surface area contributed by atoms with Gasteiger partial charge >= 0.3 is 0 Å². The van der Waals surface area contributed by atoms with E-state index < -0.39 is 11.8 Å². The number of nitrogens with zero attached hydrogens (tertiary/aromatic N) is 2. The fraction of sp³-hybridized carbons (Fsp3) is 0.321. The molecule has 3 aromatic rings. The SMILES string of the molecule is CCC(=O)N(CC(C)C)c1ccc(-c2ccc(C(=O)CCc3ccc(F)nc3C)cc2)cc1F. The number of carbonyl (C=O) groups excluding carboxylic acids is 2. The number of ketones is 1. The van der Waals surface area contributed by atoms with Gasteiger partial charge in [0.05, 0.1) is 5.69 Å². The number of pyridine rings is 1. The highest BCUT2D eigenvalue weighted by Crippen LogP contribution is 2.28. The summed E-state index contributed by atoms with van der Waals surface area (Å²) in [7, 11) is 0. The van der Waals surface area contributed by atoms with Gasteiger partial charge in [0.2, 0.25) is 11.9 Å². The van der Waals surface area contributed by atoms with E-state index in [1.165, 1.54) is 17.0 Å². The van der Waals surface area contributed by atoms with Crippen molar-refractivity contribution >= 4 is 17.4 Å². The molecular formula is C28H30F2N2O2.